The Morgan fingerprint density at radius 2 is 1.41 bits per heavy atom. The van der Waals surface area contributed by atoms with Crippen molar-refractivity contribution in [2.24, 2.45) is 0 Å². The molecule has 1 aliphatic heterocycles. The van der Waals surface area contributed by atoms with Crippen LogP contribution < -0.4 is 0 Å². The fourth-order valence-corrected chi connectivity index (χ4v) is 4.35. The Kier molecular flexibility index (Phi) is 6.37. The van der Waals surface area contributed by atoms with Crippen molar-refractivity contribution in [2.45, 2.75) is 19.1 Å². The van der Waals surface area contributed by atoms with E-state index < -0.39 is 9.84 Å². The topological polar surface area (TPSA) is 74.8 Å². The van der Waals surface area contributed by atoms with Crippen molar-refractivity contribution in [1.82, 2.24) is 9.80 Å². The summed E-state index contributed by atoms with van der Waals surface area (Å²) in [7, 11) is -3.17. The molecule has 29 heavy (non-hydrogen) atoms. The predicted molar refractivity (Wildman–Crippen MR) is 113 cm³/mol. The van der Waals surface area contributed by atoms with Crippen LogP contribution in [0.4, 0.5) is 0 Å². The molecule has 0 bridgehead atoms. The van der Waals surface area contributed by atoms with Gasteiger partial charge < -0.3 is 9.80 Å². The molecule has 0 saturated carbocycles. The molecule has 1 aliphatic rings. The van der Waals surface area contributed by atoms with Crippen molar-refractivity contribution < 1.29 is 18.0 Å². The lowest BCUT2D eigenvalue weighted by atomic mass is 10.1. The van der Waals surface area contributed by atoms with Crippen molar-refractivity contribution in [1.29, 1.82) is 0 Å². The highest BCUT2D eigenvalue weighted by atomic mass is 32.2. The summed E-state index contributed by atoms with van der Waals surface area (Å²) in [5.74, 6) is -0.240. The van der Waals surface area contributed by atoms with E-state index in [1.165, 1.54) is 6.26 Å². The summed E-state index contributed by atoms with van der Waals surface area (Å²) in [6.07, 6.45) is 1.88. The van der Waals surface area contributed by atoms with Gasteiger partial charge in [-0.15, -0.1) is 0 Å². The monoisotopic (exact) mass is 414 g/mol. The molecule has 7 heteroatoms. The highest BCUT2D eigenvalue weighted by molar-refractivity contribution is 7.89. The predicted octanol–water partition coefficient (Wildman–Crippen LogP) is 2.53. The van der Waals surface area contributed by atoms with Crippen LogP contribution in [0.25, 0.3) is 0 Å². The van der Waals surface area contributed by atoms with Gasteiger partial charge in [0.2, 0.25) is 0 Å². The first kappa shape index (κ1) is 21.0. The largest absolute Gasteiger partial charge is 0.337 e. The molecule has 0 N–H and O–H groups in total. The Balaban J connectivity index is 1.68. The van der Waals surface area contributed by atoms with Gasteiger partial charge in [0, 0.05) is 43.6 Å². The Morgan fingerprint density at radius 3 is 1.97 bits per heavy atom. The number of nitrogens with zero attached hydrogens (tertiary/aromatic N) is 2. The number of aryl methyl sites for hydroxylation is 1. The molecule has 3 rings (SSSR count). The number of hydrogen-bond acceptors (Lipinski definition) is 4. The molecule has 2 aromatic rings. The third kappa shape index (κ3) is 5.67. The van der Waals surface area contributed by atoms with E-state index in [1.54, 1.807) is 34.1 Å². The summed E-state index contributed by atoms with van der Waals surface area (Å²) in [6, 6.07) is 14.3. The van der Waals surface area contributed by atoms with E-state index in [0.29, 0.717) is 49.3 Å². The van der Waals surface area contributed by atoms with Crippen molar-refractivity contribution >= 4 is 21.7 Å². The third-order valence-corrected chi connectivity index (χ3v) is 5.80. The van der Waals surface area contributed by atoms with Gasteiger partial charge in [-0.3, -0.25) is 9.59 Å². The normalized spacial score (nSPS) is 15.1. The van der Waals surface area contributed by atoms with Crippen LogP contribution in [0.15, 0.2) is 48.5 Å². The van der Waals surface area contributed by atoms with Crippen molar-refractivity contribution in [3.8, 4) is 0 Å². The molecule has 1 heterocycles. The number of sulfone groups is 1. The lowest BCUT2D eigenvalue weighted by Gasteiger charge is -2.22. The first-order valence-electron chi connectivity index (χ1n) is 9.65. The first-order chi connectivity index (χ1) is 13.7. The molecule has 0 aliphatic carbocycles. The molecule has 0 unspecified atom stereocenters. The molecule has 0 atom stereocenters. The maximum atomic E-state index is 12.9. The molecule has 1 fully saturated rings. The molecule has 0 radical (unpaired) electrons. The van der Waals surface area contributed by atoms with E-state index in [9.17, 15) is 18.0 Å². The second-order valence-corrected chi connectivity index (χ2v) is 9.72. The van der Waals surface area contributed by atoms with Gasteiger partial charge in [0.1, 0.15) is 0 Å². The zero-order valence-electron chi connectivity index (χ0n) is 16.8. The molecule has 2 amide bonds. The minimum Gasteiger partial charge on any atom is -0.337 e. The maximum Gasteiger partial charge on any atom is 0.253 e. The molecule has 154 valence electrons. The molecule has 1 saturated heterocycles. The quantitative estimate of drug-likeness (QED) is 0.771. The average molecular weight is 415 g/mol. The van der Waals surface area contributed by atoms with Crippen LogP contribution in [0.2, 0.25) is 0 Å². The van der Waals surface area contributed by atoms with Gasteiger partial charge in [0.05, 0.1) is 5.75 Å². The fourth-order valence-electron chi connectivity index (χ4n) is 3.56. The maximum absolute atomic E-state index is 12.9. The van der Waals surface area contributed by atoms with Crippen LogP contribution in [0, 0.1) is 6.92 Å². The van der Waals surface area contributed by atoms with E-state index in [0.717, 1.165) is 5.56 Å². The molecule has 6 nitrogen and oxygen atoms in total. The lowest BCUT2D eigenvalue weighted by Crippen LogP contribution is -2.37. The second kappa shape index (κ2) is 8.78. The molecule has 2 aromatic carbocycles. The molecular formula is C22H26N2O4S. The van der Waals surface area contributed by atoms with E-state index in [4.69, 9.17) is 0 Å². The fraction of sp³-hybridized carbons (Fsp3) is 0.364. The minimum atomic E-state index is -3.17. The van der Waals surface area contributed by atoms with Crippen LogP contribution in [-0.4, -0.2) is 62.5 Å². The summed E-state index contributed by atoms with van der Waals surface area (Å²) < 4.78 is 23.1. The number of amides is 2. The lowest BCUT2D eigenvalue weighted by molar-refractivity contribution is 0.0718. The summed E-state index contributed by atoms with van der Waals surface area (Å²) in [4.78, 5) is 29.3. The summed E-state index contributed by atoms with van der Waals surface area (Å²) in [5.41, 5.74) is 2.78. The number of carbonyl (C=O) groups excluding carboxylic acids is 2. The SMILES string of the molecule is Cc1cccc(C(=O)N2CCCN(C(=O)c3cccc(CS(C)(=O)=O)c3)CC2)c1. The van der Waals surface area contributed by atoms with Crippen LogP contribution >= 0.6 is 0 Å². The highest BCUT2D eigenvalue weighted by Gasteiger charge is 2.24. The Labute approximate surface area is 172 Å². The van der Waals surface area contributed by atoms with Crippen LogP contribution in [-0.2, 0) is 15.6 Å². The van der Waals surface area contributed by atoms with Gasteiger partial charge in [-0.25, -0.2) is 8.42 Å². The average Bonchev–Trinajstić information content (AvgIpc) is 2.92. The first-order valence-corrected chi connectivity index (χ1v) is 11.7. The van der Waals surface area contributed by atoms with E-state index in [-0.39, 0.29) is 17.6 Å². The molecular weight excluding hydrogens is 388 g/mol. The Bertz CT molecular complexity index is 1020. The van der Waals surface area contributed by atoms with Crippen molar-refractivity contribution in [3.05, 3.63) is 70.8 Å². The van der Waals surface area contributed by atoms with Gasteiger partial charge in [0.25, 0.3) is 11.8 Å². The van der Waals surface area contributed by atoms with Gasteiger partial charge in [-0.2, -0.15) is 0 Å². The molecule has 0 aromatic heterocycles. The highest BCUT2D eigenvalue weighted by Crippen LogP contribution is 2.15. The smallest absolute Gasteiger partial charge is 0.253 e. The van der Waals surface area contributed by atoms with Crippen LogP contribution in [0.5, 0.6) is 0 Å². The van der Waals surface area contributed by atoms with E-state index in [2.05, 4.69) is 0 Å². The number of carbonyl (C=O) groups is 2. The second-order valence-electron chi connectivity index (χ2n) is 7.58. The van der Waals surface area contributed by atoms with Gasteiger partial charge >= 0.3 is 0 Å². The summed E-state index contributed by atoms with van der Waals surface area (Å²) in [6.45, 7) is 4.04. The van der Waals surface area contributed by atoms with Crippen molar-refractivity contribution in [2.75, 3.05) is 32.4 Å². The van der Waals surface area contributed by atoms with Gasteiger partial charge in [-0.05, 0) is 43.2 Å². The zero-order chi connectivity index (χ0) is 21.0. The van der Waals surface area contributed by atoms with Gasteiger partial charge in [-0.1, -0.05) is 29.8 Å². The van der Waals surface area contributed by atoms with E-state index >= 15 is 0 Å². The summed E-state index contributed by atoms with van der Waals surface area (Å²) in [5, 5.41) is 0. The molecule has 0 spiro atoms. The minimum absolute atomic E-state index is 0.0156. The standard InChI is InChI=1S/C22H26N2O4S/c1-17-6-3-8-19(14-17)21(25)23-10-5-11-24(13-12-23)22(26)20-9-4-7-18(15-20)16-29(2,27)28/h3-4,6-9,14-15H,5,10-13,16H2,1-2H3. The zero-order valence-corrected chi connectivity index (χ0v) is 17.6. The number of hydrogen-bond donors (Lipinski definition) is 0. The van der Waals surface area contributed by atoms with Gasteiger partial charge in [0.15, 0.2) is 9.84 Å². The Morgan fingerprint density at radius 1 is 0.862 bits per heavy atom. The number of rotatable bonds is 4. The van der Waals surface area contributed by atoms with E-state index in [1.807, 2.05) is 31.2 Å². The Hall–Kier alpha value is -2.67. The third-order valence-electron chi connectivity index (χ3n) is 4.94. The van der Waals surface area contributed by atoms with Crippen molar-refractivity contribution in [3.63, 3.8) is 0 Å². The number of benzene rings is 2. The van der Waals surface area contributed by atoms with Crippen LogP contribution in [0.3, 0.4) is 0 Å². The summed E-state index contributed by atoms with van der Waals surface area (Å²) >= 11 is 0. The van der Waals surface area contributed by atoms with Crippen LogP contribution in [0.1, 0.15) is 38.3 Å².